The molecular weight excluding hydrogens is 220 g/mol. The molecule has 0 saturated carbocycles. The molecule has 1 rings (SSSR count). The third-order valence-corrected chi connectivity index (χ3v) is 3.06. The van der Waals surface area contributed by atoms with E-state index in [1.54, 1.807) is 11.8 Å². The Kier molecular flexibility index (Phi) is 5.35. The lowest BCUT2D eigenvalue weighted by Crippen LogP contribution is -2.30. The molecule has 1 aromatic carbocycles. The van der Waals surface area contributed by atoms with Crippen LogP contribution in [-0.4, -0.2) is 18.2 Å². The Bertz CT molecular complexity index is 337. The first-order valence-corrected chi connectivity index (χ1v) is 6.49. The lowest BCUT2D eigenvalue weighted by molar-refractivity contribution is -0.118. The number of benzene rings is 1. The molecule has 0 radical (unpaired) electrons. The van der Waals surface area contributed by atoms with Crippen LogP contribution >= 0.6 is 11.8 Å². The topological polar surface area (TPSA) is 55.1 Å². The number of hydrogen-bond acceptors (Lipinski definition) is 3. The zero-order chi connectivity index (χ0) is 12.0. The highest BCUT2D eigenvalue weighted by atomic mass is 32.2. The molecule has 0 aromatic heterocycles. The van der Waals surface area contributed by atoms with Gasteiger partial charge in [0, 0.05) is 23.9 Å². The lowest BCUT2D eigenvalue weighted by atomic mass is 10.2. The fourth-order valence-corrected chi connectivity index (χ4v) is 1.82. The van der Waals surface area contributed by atoms with Gasteiger partial charge in [-0.05, 0) is 30.9 Å². The summed E-state index contributed by atoms with van der Waals surface area (Å²) in [5.74, 6) is -0.266. The normalized spacial score (nSPS) is 12.4. The van der Waals surface area contributed by atoms with Crippen LogP contribution in [0.2, 0.25) is 0 Å². The SMILES string of the molecule is CSc1ccc(CNC(C)CC(N)=O)cc1. The van der Waals surface area contributed by atoms with Crippen LogP contribution in [0.5, 0.6) is 0 Å². The van der Waals surface area contributed by atoms with E-state index >= 15 is 0 Å². The van der Waals surface area contributed by atoms with Crippen molar-refractivity contribution >= 4 is 17.7 Å². The van der Waals surface area contributed by atoms with Crippen molar-refractivity contribution in [1.82, 2.24) is 5.32 Å². The van der Waals surface area contributed by atoms with E-state index in [4.69, 9.17) is 5.73 Å². The van der Waals surface area contributed by atoms with Crippen LogP contribution < -0.4 is 11.1 Å². The van der Waals surface area contributed by atoms with Crippen LogP contribution in [0.3, 0.4) is 0 Å². The van der Waals surface area contributed by atoms with E-state index in [9.17, 15) is 4.79 Å². The third-order valence-electron chi connectivity index (χ3n) is 2.32. The van der Waals surface area contributed by atoms with E-state index in [0.29, 0.717) is 6.42 Å². The molecule has 16 heavy (non-hydrogen) atoms. The number of hydrogen-bond donors (Lipinski definition) is 2. The van der Waals surface area contributed by atoms with Crippen LogP contribution in [0.25, 0.3) is 0 Å². The van der Waals surface area contributed by atoms with Crippen LogP contribution in [0.15, 0.2) is 29.2 Å². The number of primary amides is 1. The van der Waals surface area contributed by atoms with Crippen molar-refractivity contribution in [1.29, 1.82) is 0 Å². The Morgan fingerprint density at radius 2 is 2.06 bits per heavy atom. The van der Waals surface area contributed by atoms with Crippen molar-refractivity contribution in [3.63, 3.8) is 0 Å². The fraction of sp³-hybridized carbons (Fsp3) is 0.417. The van der Waals surface area contributed by atoms with Gasteiger partial charge in [0.25, 0.3) is 0 Å². The second-order valence-electron chi connectivity index (χ2n) is 3.80. The quantitative estimate of drug-likeness (QED) is 0.743. The van der Waals surface area contributed by atoms with Gasteiger partial charge in [0.2, 0.25) is 5.91 Å². The number of amides is 1. The lowest BCUT2D eigenvalue weighted by Gasteiger charge is -2.11. The second-order valence-corrected chi connectivity index (χ2v) is 4.68. The maximum Gasteiger partial charge on any atom is 0.218 e. The second kappa shape index (κ2) is 6.55. The van der Waals surface area contributed by atoms with Crippen LogP contribution in [-0.2, 0) is 11.3 Å². The van der Waals surface area contributed by atoms with E-state index in [2.05, 4.69) is 35.8 Å². The molecule has 0 bridgehead atoms. The van der Waals surface area contributed by atoms with Gasteiger partial charge in [-0.15, -0.1) is 11.8 Å². The first kappa shape index (κ1) is 13.1. The molecule has 0 saturated heterocycles. The maximum atomic E-state index is 10.7. The summed E-state index contributed by atoms with van der Waals surface area (Å²) in [4.78, 5) is 11.9. The zero-order valence-electron chi connectivity index (χ0n) is 9.69. The van der Waals surface area contributed by atoms with Crippen molar-refractivity contribution < 1.29 is 4.79 Å². The molecule has 1 unspecified atom stereocenters. The zero-order valence-corrected chi connectivity index (χ0v) is 10.5. The average molecular weight is 238 g/mol. The molecule has 4 heteroatoms. The van der Waals surface area contributed by atoms with Crippen LogP contribution in [0.4, 0.5) is 0 Å². The summed E-state index contributed by atoms with van der Waals surface area (Å²) < 4.78 is 0. The van der Waals surface area contributed by atoms with E-state index < -0.39 is 0 Å². The Morgan fingerprint density at radius 3 is 2.56 bits per heavy atom. The van der Waals surface area contributed by atoms with E-state index in [1.807, 2.05) is 6.92 Å². The maximum absolute atomic E-state index is 10.7. The molecule has 3 nitrogen and oxygen atoms in total. The van der Waals surface area contributed by atoms with Crippen molar-refractivity contribution in [3.8, 4) is 0 Å². The smallest absolute Gasteiger partial charge is 0.218 e. The molecule has 1 atom stereocenters. The van der Waals surface area contributed by atoms with Crippen molar-refractivity contribution in [2.75, 3.05) is 6.26 Å². The molecule has 88 valence electrons. The van der Waals surface area contributed by atoms with Gasteiger partial charge in [-0.1, -0.05) is 12.1 Å². The number of thioether (sulfide) groups is 1. The Labute approximate surface area is 101 Å². The average Bonchev–Trinajstić information content (AvgIpc) is 2.26. The predicted molar refractivity (Wildman–Crippen MR) is 68.3 cm³/mol. The Balaban J connectivity index is 2.39. The van der Waals surface area contributed by atoms with Crippen molar-refractivity contribution in [3.05, 3.63) is 29.8 Å². The van der Waals surface area contributed by atoms with E-state index in [-0.39, 0.29) is 11.9 Å². The summed E-state index contributed by atoms with van der Waals surface area (Å²) in [6, 6.07) is 8.50. The van der Waals surface area contributed by atoms with Crippen LogP contribution in [0.1, 0.15) is 18.9 Å². The van der Waals surface area contributed by atoms with Gasteiger partial charge in [0.1, 0.15) is 0 Å². The standard InChI is InChI=1S/C12H18N2OS/c1-9(7-12(13)15)14-8-10-3-5-11(16-2)6-4-10/h3-6,9,14H,7-8H2,1-2H3,(H2,13,15). The van der Waals surface area contributed by atoms with Gasteiger partial charge in [-0.2, -0.15) is 0 Å². The first-order chi connectivity index (χ1) is 7.61. The first-order valence-electron chi connectivity index (χ1n) is 5.26. The number of nitrogens with one attached hydrogen (secondary N) is 1. The van der Waals surface area contributed by atoms with Gasteiger partial charge in [0.05, 0.1) is 0 Å². The monoisotopic (exact) mass is 238 g/mol. The summed E-state index contributed by atoms with van der Waals surface area (Å²) in [5, 5.41) is 3.26. The molecule has 1 aromatic rings. The third kappa shape index (κ3) is 4.68. The highest BCUT2D eigenvalue weighted by molar-refractivity contribution is 7.98. The van der Waals surface area contributed by atoms with Gasteiger partial charge < -0.3 is 11.1 Å². The summed E-state index contributed by atoms with van der Waals surface area (Å²) in [6.45, 7) is 2.73. The molecular formula is C12H18N2OS. The molecule has 3 N–H and O–H groups in total. The molecule has 1 amide bonds. The molecule has 0 heterocycles. The molecule has 0 spiro atoms. The number of rotatable bonds is 6. The predicted octanol–water partition coefficient (Wildman–Crippen LogP) is 1.76. The van der Waals surface area contributed by atoms with Gasteiger partial charge >= 0.3 is 0 Å². The van der Waals surface area contributed by atoms with Gasteiger partial charge in [-0.25, -0.2) is 0 Å². The van der Waals surface area contributed by atoms with E-state index in [1.165, 1.54) is 10.5 Å². The number of carbonyl (C=O) groups is 1. The van der Waals surface area contributed by atoms with E-state index in [0.717, 1.165) is 6.54 Å². The largest absolute Gasteiger partial charge is 0.370 e. The molecule has 0 aliphatic heterocycles. The highest BCUT2D eigenvalue weighted by Gasteiger charge is 2.04. The Morgan fingerprint density at radius 1 is 1.44 bits per heavy atom. The highest BCUT2D eigenvalue weighted by Crippen LogP contribution is 2.14. The van der Waals surface area contributed by atoms with Crippen LogP contribution in [0, 0.1) is 0 Å². The van der Waals surface area contributed by atoms with Crippen molar-refractivity contribution in [2.24, 2.45) is 5.73 Å². The molecule has 0 aliphatic rings. The minimum absolute atomic E-state index is 0.123. The Hall–Kier alpha value is -1.00. The summed E-state index contributed by atoms with van der Waals surface area (Å²) in [6.07, 6.45) is 2.44. The molecule has 0 aliphatic carbocycles. The minimum Gasteiger partial charge on any atom is -0.370 e. The summed E-state index contributed by atoms with van der Waals surface area (Å²) >= 11 is 1.73. The molecule has 0 fully saturated rings. The fourth-order valence-electron chi connectivity index (χ4n) is 1.41. The summed E-state index contributed by atoms with van der Waals surface area (Å²) in [7, 11) is 0. The van der Waals surface area contributed by atoms with Crippen molar-refractivity contribution in [2.45, 2.75) is 30.8 Å². The summed E-state index contributed by atoms with van der Waals surface area (Å²) in [5.41, 5.74) is 6.34. The number of nitrogens with two attached hydrogens (primary N) is 1. The minimum atomic E-state index is -0.266. The number of carbonyl (C=O) groups excluding carboxylic acids is 1. The van der Waals surface area contributed by atoms with Gasteiger partial charge in [-0.3, -0.25) is 4.79 Å². The van der Waals surface area contributed by atoms with Gasteiger partial charge in [0.15, 0.2) is 0 Å².